The average molecular weight is 309 g/mol. The summed E-state index contributed by atoms with van der Waals surface area (Å²) in [5, 5.41) is 0.296. The second-order valence-corrected chi connectivity index (χ2v) is 13.6. The van der Waals surface area contributed by atoms with E-state index in [9.17, 15) is 0 Å². The number of allylic oxidation sites excluding steroid dienone is 1. The molecule has 0 radical (unpaired) electrons. The summed E-state index contributed by atoms with van der Waals surface area (Å²) in [5.41, 5.74) is 1.76. The highest BCUT2D eigenvalue weighted by atomic mass is 28.4. The highest BCUT2D eigenvalue weighted by Gasteiger charge is 2.49. The SMILES string of the molecule is CC(C)(C)[Si](C)(C)OC[C@@H]1CC=C2CCC[C@]23CC[C@@H]1O3. The van der Waals surface area contributed by atoms with E-state index < -0.39 is 8.32 Å². The van der Waals surface area contributed by atoms with E-state index in [1.54, 1.807) is 5.57 Å². The minimum Gasteiger partial charge on any atom is -0.416 e. The van der Waals surface area contributed by atoms with Gasteiger partial charge in [-0.25, -0.2) is 0 Å². The molecule has 0 aromatic heterocycles. The van der Waals surface area contributed by atoms with E-state index in [0.717, 1.165) is 13.0 Å². The lowest BCUT2D eigenvalue weighted by atomic mass is 9.87. The van der Waals surface area contributed by atoms with Gasteiger partial charge in [0.15, 0.2) is 8.32 Å². The second kappa shape index (κ2) is 5.21. The number of fused-ring (bicyclic) bond motifs is 1. The van der Waals surface area contributed by atoms with Gasteiger partial charge in [0.2, 0.25) is 0 Å². The Morgan fingerprint density at radius 1 is 1.33 bits per heavy atom. The maximum atomic E-state index is 6.56. The van der Waals surface area contributed by atoms with Crippen molar-refractivity contribution in [3.63, 3.8) is 0 Å². The Bertz CT molecular complexity index is 435. The van der Waals surface area contributed by atoms with Gasteiger partial charge < -0.3 is 9.16 Å². The lowest BCUT2D eigenvalue weighted by Gasteiger charge is -2.38. The van der Waals surface area contributed by atoms with Gasteiger partial charge in [0.1, 0.15) is 0 Å². The van der Waals surface area contributed by atoms with Crippen LogP contribution in [0, 0.1) is 5.92 Å². The summed E-state index contributed by atoms with van der Waals surface area (Å²) in [6.45, 7) is 12.6. The molecule has 3 heteroatoms. The van der Waals surface area contributed by atoms with Crippen LogP contribution in [0.25, 0.3) is 0 Å². The van der Waals surface area contributed by atoms with E-state index >= 15 is 0 Å². The fourth-order valence-electron chi connectivity index (χ4n) is 3.93. The molecule has 120 valence electrons. The van der Waals surface area contributed by atoms with E-state index in [4.69, 9.17) is 9.16 Å². The lowest BCUT2D eigenvalue weighted by molar-refractivity contribution is -0.0398. The first-order valence-corrected chi connectivity index (χ1v) is 11.7. The number of ether oxygens (including phenoxy) is 1. The summed E-state index contributed by atoms with van der Waals surface area (Å²) in [5.74, 6) is 0.566. The average Bonchev–Trinajstić information content (AvgIpc) is 2.93. The van der Waals surface area contributed by atoms with Crippen molar-refractivity contribution in [2.45, 2.75) is 89.1 Å². The minimum absolute atomic E-state index is 0.149. The molecule has 0 unspecified atom stereocenters. The van der Waals surface area contributed by atoms with Gasteiger partial charge in [-0.3, -0.25) is 0 Å². The first-order chi connectivity index (χ1) is 9.74. The summed E-state index contributed by atoms with van der Waals surface area (Å²) in [6.07, 6.45) is 10.4. The number of hydrogen-bond acceptors (Lipinski definition) is 2. The van der Waals surface area contributed by atoms with Crippen LogP contribution < -0.4 is 0 Å². The molecule has 2 nitrogen and oxygen atoms in total. The maximum Gasteiger partial charge on any atom is 0.191 e. The van der Waals surface area contributed by atoms with E-state index in [2.05, 4.69) is 39.9 Å². The van der Waals surface area contributed by atoms with Crippen LogP contribution in [0.5, 0.6) is 0 Å². The summed E-state index contributed by atoms with van der Waals surface area (Å²) in [6, 6.07) is 0. The Balaban J connectivity index is 1.67. The van der Waals surface area contributed by atoms with Crippen LogP contribution in [0.15, 0.2) is 11.6 Å². The van der Waals surface area contributed by atoms with Crippen LogP contribution in [0.1, 0.15) is 59.3 Å². The highest BCUT2D eigenvalue weighted by Crippen LogP contribution is 2.51. The summed E-state index contributed by atoms with van der Waals surface area (Å²) >= 11 is 0. The third kappa shape index (κ3) is 2.77. The molecule has 0 amide bonds. The molecule has 1 saturated heterocycles. The third-order valence-corrected chi connectivity index (χ3v) is 11.0. The van der Waals surface area contributed by atoms with E-state index in [1.807, 2.05) is 0 Å². The molecule has 1 saturated carbocycles. The molecule has 2 heterocycles. The zero-order valence-electron chi connectivity index (χ0n) is 14.5. The lowest BCUT2D eigenvalue weighted by Crippen LogP contribution is -2.43. The Morgan fingerprint density at radius 3 is 2.81 bits per heavy atom. The van der Waals surface area contributed by atoms with E-state index in [1.165, 1.54) is 32.1 Å². The van der Waals surface area contributed by atoms with Crippen LogP contribution >= 0.6 is 0 Å². The summed E-state index contributed by atoms with van der Waals surface area (Å²) in [7, 11) is -1.64. The van der Waals surface area contributed by atoms with Gasteiger partial charge in [0.25, 0.3) is 0 Å². The summed E-state index contributed by atoms with van der Waals surface area (Å²) in [4.78, 5) is 0. The van der Waals surface area contributed by atoms with Crippen LogP contribution in [0.4, 0.5) is 0 Å². The quantitative estimate of drug-likeness (QED) is 0.536. The standard InChI is InChI=1S/C18H32O2Si/c1-17(2,3)21(4,5)19-13-14-8-9-15-7-6-11-18(15)12-10-16(14)20-18/h9,14,16H,6-8,10-13H2,1-5H3/t14-,16-,18-/m0/s1. The van der Waals surface area contributed by atoms with Crippen LogP contribution in [-0.4, -0.2) is 26.6 Å². The zero-order chi connectivity index (χ0) is 15.3. The zero-order valence-corrected chi connectivity index (χ0v) is 15.5. The number of hydrogen-bond donors (Lipinski definition) is 0. The van der Waals surface area contributed by atoms with Gasteiger partial charge in [-0.05, 0) is 62.2 Å². The van der Waals surface area contributed by atoms with Gasteiger partial charge in [-0.15, -0.1) is 0 Å². The molecule has 3 rings (SSSR count). The van der Waals surface area contributed by atoms with E-state index in [0.29, 0.717) is 17.1 Å². The van der Waals surface area contributed by atoms with Crippen molar-refractivity contribution in [2.75, 3.05) is 6.61 Å². The van der Waals surface area contributed by atoms with Crippen LogP contribution in [0.3, 0.4) is 0 Å². The first-order valence-electron chi connectivity index (χ1n) is 8.75. The van der Waals surface area contributed by atoms with Crippen molar-refractivity contribution in [3.05, 3.63) is 11.6 Å². The van der Waals surface area contributed by atoms with Crippen molar-refractivity contribution >= 4 is 8.32 Å². The molecule has 1 spiro atoms. The maximum absolute atomic E-state index is 6.56. The molecule has 1 aliphatic carbocycles. The first kappa shape index (κ1) is 15.8. The van der Waals surface area contributed by atoms with Crippen molar-refractivity contribution in [1.82, 2.24) is 0 Å². The largest absolute Gasteiger partial charge is 0.416 e. The molecule has 3 aliphatic rings. The fourth-order valence-corrected chi connectivity index (χ4v) is 4.99. The Morgan fingerprint density at radius 2 is 2.10 bits per heavy atom. The Labute approximate surface area is 131 Å². The molecule has 2 aliphatic heterocycles. The van der Waals surface area contributed by atoms with Crippen LogP contribution in [-0.2, 0) is 9.16 Å². The van der Waals surface area contributed by atoms with Crippen molar-refractivity contribution in [1.29, 1.82) is 0 Å². The van der Waals surface area contributed by atoms with Gasteiger partial charge >= 0.3 is 0 Å². The topological polar surface area (TPSA) is 18.5 Å². The normalized spacial score (nSPS) is 36.3. The van der Waals surface area contributed by atoms with Gasteiger partial charge in [-0.1, -0.05) is 26.8 Å². The Kier molecular flexibility index (Phi) is 3.91. The minimum atomic E-state index is -1.64. The van der Waals surface area contributed by atoms with Gasteiger partial charge in [-0.2, -0.15) is 0 Å². The molecule has 2 bridgehead atoms. The van der Waals surface area contributed by atoms with Gasteiger partial charge in [0.05, 0.1) is 11.7 Å². The monoisotopic (exact) mass is 308 g/mol. The molecule has 21 heavy (non-hydrogen) atoms. The smallest absolute Gasteiger partial charge is 0.191 e. The summed E-state index contributed by atoms with van der Waals surface area (Å²) < 4.78 is 13.1. The molecule has 0 aromatic carbocycles. The predicted octanol–water partition coefficient (Wildman–Crippen LogP) is 5.06. The molecule has 0 N–H and O–H groups in total. The highest BCUT2D eigenvalue weighted by molar-refractivity contribution is 6.74. The molecule has 2 fully saturated rings. The fraction of sp³-hybridized carbons (Fsp3) is 0.889. The van der Waals surface area contributed by atoms with Crippen molar-refractivity contribution in [3.8, 4) is 0 Å². The molecule has 3 atom stereocenters. The molecule has 0 aromatic rings. The van der Waals surface area contributed by atoms with Gasteiger partial charge in [0, 0.05) is 12.5 Å². The van der Waals surface area contributed by atoms with E-state index in [-0.39, 0.29) is 5.60 Å². The van der Waals surface area contributed by atoms with Crippen molar-refractivity contribution < 1.29 is 9.16 Å². The Hall–Kier alpha value is -0.123. The third-order valence-electron chi connectivity index (χ3n) is 6.48. The number of rotatable bonds is 3. The predicted molar refractivity (Wildman–Crippen MR) is 90.0 cm³/mol. The second-order valence-electron chi connectivity index (χ2n) is 8.84. The molecular weight excluding hydrogens is 276 g/mol. The molecular formula is C18H32O2Si. The van der Waals surface area contributed by atoms with Crippen LogP contribution in [0.2, 0.25) is 18.1 Å². The van der Waals surface area contributed by atoms with Crippen molar-refractivity contribution in [2.24, 2.45) is 5.92 Å².